The molecule has 0 bridgehead atoms. The standard InChI is InChI=1S/C22H22N4O4S/c1-4-8-31-21-24-19-18(20(28)25-21)16(12-6-5-7-13(9-12)26(29)30)17-14(23-19)10-22(2,3)11-15(17)27/h4-7,9,16H,1,8,10-11H2,2-3H3,(H2,23,24,25,28). The molecule has 4 rings (SSSR count). The molecular formula is C22H22N4O4S. The van der Waals surface area contributed by atoms with Crippen molar-refractivity contribution >= 4 is 29.1 Å². The van der Waals surface area contributed by atoms with Crippen molar-refractivity contribution in [3.8, 4) is 0 Å². The highest BCUT2D eigenvalue weighted by molar-refractivity contribution is 7.99. The van der Waals surface area contributed by atoms with E-state index < -0.39 is 10.8 Å². The van der Waals surface area contributed by atoms with E-state index in [1.165, 1.54) is 23.9 Å². The van der Waals surface area contributed by atoms with E-state index in [-0.39, 0.29) is 22.4 Å². The summed E-state index contributed by atoms with van der Waals surface area (Å²) < 4.78 is 0. The molecule has 31 heavy (non-hydrogen) atoms. The minimum atomic E-state index is -0.718. The molecular weight excluding hydrogens is 416 g/mol. The van der Waals surface area contributed by atoms with E-state index in [0.717, 1.165) is 5.70 Å². The summed E-state index contributed by atoms with van der Waals surface area (Å²) in [5.74, 6) is 0.182. The van der Waals surface area contributed by atoms with Gasteiger partial charge in [0.25, 0.3) is 11.2 Å². The highest BCUT2D eigenvalue weighted by Gasteiger charge is 2.42. The van der Waals surface area contributed by atoms with Gasteiger partial charge in [-0.05, 0) is 17.4 Å². The average molecular weight is 439 g/mol. The summed E-state index contributed by atoms with van der Waals surface area (Å²) in [5.41, 5.74) is 1.34. The first-order chi connectivity index (χ1) is 14.7. The second-order valence-electron chi connectivity index (χ2n) is 8.48. The molecule has 0 amide bonds. The minimum absolute atomic E-state index is 0.0644. The predicted octanol–water partition coefficient (Wildman–Crippen LogP) is 4.16. The Hall–Kier alpha value is -3.20. The zero-order valence-corrected chi connectivity index (χ0v) is 18.0. The number of nitro groups is 1. The number of thioether (sulfide) groups is 1. The topological polar surface area (TPSA) is 118 Å². The molecule has 160 valence electrons. The van der Waals surface area contributed by atoms with Gasteiger partial charge in [0, 0.05) is 41.5 Å². The number of allylic oxidation sites excluding steroid dienone is 2. The van der Waals surface area contributed by atoms with Crippen LogP contribution in [-0.2, 0) is 4.79 Å². The van der Waals surface area contributed by atoms with Crippen LogP contribution < -0.4 is 10.9 Å². The number of ketones is 1. The number of non-ortho nitro benzene ring substituents is 1. The summed E-state index contributed by atoms with van der Waals surface area (Å²) in [6, 6.07) is 6.11. The largest absolute Gasteiger partial charge is 0.343 e. The number of rotatable bonds is 5. The second-order valence-corrected chi connectivity index (χ2v) is 9.49. The quantitative estimate of drug-likeness (QED) is 0.237. The molecule has 1 aliphatic carbocycles. The van der Waals surface area contributed by atoms with Gasteiger partial charge < -0.3 is 10.3 Å². The number of hydrogen-bond donors (Lipinski definition) is 2. The van der Waals surface area contributed by atoms with Crippen molar-refractivity contribution in [2.45, 2.75) is 37.8 Å². The fourth-order valence-corrected chi connectivity index (χ4v) is 4.85. The second kappa shape index (κ2) is 7.81. The van der Waals surface area contributed by atoms with Crippen LogP contribution in [0, 0.1) is 15.5 Å². The molecule has 2 aromatic rings. The molecule has 2 heterocycles. The van der Waals surface area contributed by atoms with Crippen LogP contribution in [0.15, 0.2) is 58.1 Å². The number of nitrogens with one attached hydrogen (secondary N) is 2. The lowest BCUT2D eigenvalue weighted by molar-refractivity contribution is -0.384. The molecule has 1 aromatic heterocycles. The molecule has 2 aliphatic rings. The van der Waals surface area contributed by atoms with Crippen LogP contribution >= 0.6 is 11.8 Å². The first-order valence-electron chi connectivity index (χ1n) is 9.86. The summed E-state index contributed by atoms with van der Waals surface area (Å²) in [7, 11) is 0. The summed E-state index contributed by atoms with van der Waals surface area (Å²) >= 11 is 1.34. The number of nitrogens with zero attached hydrogens (tertiary/aromatic N) is 2. The van der Waals surface area contributed by atoms with E-state index >= 15 is 0 Å². The van der Waals surface area contributed by atoms with Crippen LogP contribution in [0.2, 0.25) is 0 Å². The monoisotopic (exact) mass is 438 g/mol. The Morgan fingerprint density at radius 2 is 2.13 bits per heavy atom. The molecule has 1 atom stereocenters. The molecule has 0 saturated carbocycles. The Balaban J connectivity index is 1.94. The third kappa shape index (κ3) is 3.93. The number of H-pyrrole nitrogens is 1. The number of carbonyl (C=O) groups excluding carboxylic acids is 1. The highest BCUT2D eigenvalue weighted by Crippen LogP contribution is 2.48. The van der Waals surface area contributed by atoms with Crippen molar-refractivity contribution in [2.24, 2.45) is 5.41 Å². The Morgan fingerprint density at radius 3 is 2.84 bits per heavy atom. The molecule has 9 heteroatoms. The lowest BCUT2D eigenvalue weighted by Gasteiger charge is -2.38. The first kappa shape index (κ1) is 21.0. The molecule has 1 unspecified atom stereocenters. The number of nitro benzene ring substituents is 1. The summed E-state index contributed by atoms with van der Waals surface area (Å²) in [5, 5.41) is 15.0. The maximum absolute atomic E-state index is 13.2. The minimum Gasteiger partial charge on any atom is -0.343 e. The van der Waals surface area contributed by atoms with Gasteiger partial charge in [0.2, 0.25) is 0 Å². The van der Waals surface area contributed by atoms with Gasteiger partial charge in [-0.3, -0.25) is 19.7 Å². The van der Waals surface area contributed by atoms with Gasteiger partial charge in [0.15, 0.2) is 10.9 Å². The molecule has 0 saturated heterocycles. The zero-order valence-electron chi connectivity index (χ0n) is 17.2. The molecule has 8 nitrogen and oxygen atoms in total. The third-order valence-corrected chi connectivity index (χ3v) is 6.32. The number of Topliss-reactive ketones (excluding diaryl/α,β-unsaturated/α-hetero) is 1. The van der Waals surface area contributed by atoms with Crippen molar-refractivity contribution in [2.75, 3.05) is 11.1 Å². The van der Waals surface area contributed by atoms with Crippen LogP contribution in [0.1, 0.15) is 43.7 Å². The maximum atomic E-state index is 13.2. The lowest BCUT2D eigenvalue weighted by Crippen LogP contribution is -2.37. The Bertz CT molecular complexity index is 1200. The summed E-state index contributed by atoms with van der Waals surface area (Å²) in [4.78, 5) is 44.5. The predicted molar refractivity (Wildman–Crippen MR) is 119 cm³/mol. The third-order valence-electron chi connectivity index (χ3n) is 5.45. The number of aromatic nitrogens is 2. The van der Waals surface area contributed by atoms with Crippen LogP contribution in [-0.4, -0.2) is 26.4 Å². The molecule has 0 spiro atoms. The molecule has 0 radical (unpaired) electrons. The van der Waals surface area contributed by atoms with Crippen molar-refractivity contribution < 1.29 is 9.72 Å². The normalized spacial score (nSPS) is 19.3. The Morgan fingerprint density at radius 1 is 1.35 bits per heavy atom. The van der Waals surface area contributed by atoms with Crippen LogP contribution in [0.25, 0.3) is 0 Å². The van der Waals surface area contributed by atoms with E-state index in [0.29, 0.717) is 46.3 Å². The van der Waals surface area contributed by atoms with Gasteiger partial charge in [-0.15, -0.1) is 6.58 Å². The average Bonchev–Trinajstić information content (AvgIpc) is 2.69. The number of aromatic amines is 1. The first-order valence-corrected chi connectivity index (χ1v) is 10.8. The highest BCUT2D eigenvalue weighted by atomic mass is 32.2. The van der Waals surface area contributed by atoms with Gasteiger partial charge in [-0.1, -0.05) is 43.8 Å². The zero-order chi connectivity index (χ0) is 22.3. The van der Waals surface area contributed by atoms with Gasteiger partial charge in [0.1, 0.15) is 5.82 Å². The van der Waals surface area contributed by atoms with E-state index in [4.69, 9.17) is 0 Å². The van der Waals surface area contributed by atoms with Crippen molar-refractivity contribution in [1.82, 2.24) is 9.97 Å². The van der Waals surface area contributed by atoms with Gasteiger partial charge >= 0.3 is 0 Å². The van der Waals surface area contributed by atoms with Crippen LogP contribution in [0.5, 0.6) is 0 Å². The molecule has 1 aromatic carbocycles. The van der Waals surface area contributed by atoms with Gasteiger partial charge in [-0.2, -0.15) is 0 Å². The van der Waals surface area contributed by atoms with Gasteiger partial charge in [0.05, 0.1) is 10.5 Å². The van der Waals surface area contributed by atoms with E-state index in [2.05, 4.69) is 21.9 Å². The van der Waals surface area contributed by atoms with Crippen molar-refractivity contribution in [3.05, 3.63) is 79.8 Å². The molecule has 0 fully saturated rings. The smallest absolute Gasteiger partial charge is 0.269 e. The Kier molecular flexibility index (Phi) is 5.30. The maximum Gasteiger partial charge on any atom is 0.269 e. The molecule has 1 aliphatic heterocycles. The summed E-state index contributed by atoms with van der Waals surface area (Å²) in [6.45, 7) is 7.72. The van der Waals surface area contributed by atoms with Crippen LogP contribution in [0.4, 0.5) is 11.5 Å². The fourth-order valence-electron chi connectivity index (χ4n) is 4.25. The van der Waals surface area contributed by atoms with E-state index in [9.17, 15) is 19.7 Å². The number of anilines is 1. The number of fused-ring (bicyclic) bond motifs is 1. The fraction of sp³-hybridized carbons (Fsp3) is 0.318. The lowest BCUT2D eigenvalue weighted by atomic mass is 9.69. The van der Waals surface area contributed by atoms with E-state index in [1.807, 2.05) is 13.8 Å². The summed E-state index contributed by atoms with van der Waals surface area (Å²) in [6.07, 6.45) is 2.67. The number of carbonyl (C=O) groups is 1. The van der Waals surface area contributed by atoms with Crippen molar-refractivity contribution in [3.63, 3.8) is 0 Å². The van der Waals surface area contributed by atoms with Crippen molar-refractivity contribution in [1.29, 1.82) is 0 Å². The van der Waals surface area contributed by atoms with Crippen LogP contribution in [0.3, 0.4) is 0 Å². The number of hydrogen-bond acceptors (Lipinski definition) is 7. The Labute approximate surface area is 183 Å². The van der Waals surface area contributed by atoms with E-state index in [1.54, 1.807) is 18.2 Å². The number of benzene rings is 1. The van der Waals surface area contributed by atoms with Gasteiger partial charge in [-0.25, -0.2) is 4.98 Å². The molecule has 2 N–H and O–H groups in total. The SMILES string of the molecule is C=CCSc1nc2c(c(=O)[nH]1)C(c1cccc([N+](=O)[O-])c1)C1=C(CC(C)(C)CC1=O)N2.